The van der Waals surface area contributed by atoms with Crippen molar-refractivity contribution in [2.24, 2.45) is 0 Å². The highest BCUT2D eigenvalue weighted by Gasteiger charge is 2.13. The molecule has 1 amide bonds. The Kier molecular flexibility index (Phi) is 4.55. The monoisotopic (exact) mass is 328 g/mol. The zero-order chi connectivity index (χ0) is 15.6. The number of benzene rings is 2. The van der Waals surface area contributed by atoms with Gasteiger partial charge >= 0.3 is 0 Å². The van der Waals surface area contributed by atoms with Gasteiger partial charge in [-0.1, -0.05) is 23.2 Å². The molecule has 3 N–H and O–H groups in total. The molecule has 0 saturated heterocycles. The molecule has 21 heavy (non-hydrogen) atoms. The summed E-state index contributed by atoms with van der Waals surface area (Å²) in [4.78, 5) is 12.1. The highest BCUT2D eigenvalue weighted by atomic mass is 35.5. The van der Waals surface area contributed by atoms with E-state index in [0.29, 0.717) is 5.75 Å². The second-order valence-corrected chi connectivity index (χ2v) is 4.98. The second-order valence-electron chi connectivity index (χ2n) is 4.16. The molecule has 2 aromatic rings. The Morgan fingerprint density at radius 1 is 1.24 bits per heavy atom. The maximum absolute atomic E-state index is 13.3. The highest BCUT2D eigenvalue weighted by molar-refractivity contribution is 6.35. The van der Waals surface area contributed by atoms with Gasteiger partial charge in [0.15, 0.2) is 5.82 Å². The summed E-state index contributed by atoms with van der Waals surface area (Å²) in [7, 11) is 1.50. The predicted octanol–water partition coefficient (Wildman–Crippen LogP) is 3.98. The zero-order valence-electron chi connectivity index (χ0n) is 10.9. The minimum Gasteiger partial charge on any atom is -0.497 e. The summed E-state index contributed by atoms with van der Waals surface area (Å²) in [6.07, 6.45) is 0. The van der Waals surface area contributed by atoms with E-state index in [1.54, 1.807) is 6.07 Å². The van der Waals surface area contributed by atoms with E-state index in [0.717, 1.165) is 0 Å². The van der Waals surface area contributed by atoms with Crippen LogP contribution < -0.4 is 15.8 Å². The summed E-state index contributed by atoms with van der Waals surface area (Å²) in [5.74, 6) is -0.661. The molecule has 0 aliphatic rings. The van der Waals surface area contributed by atoms with Gasteiger partial charge in [0, 0.05) is 17.4 Å². The number of anilines is 2. The van der Waals surface area contributed by atoms with Crippen LogP contribution in [0.3, 0.4) is 0 Å². The van der Waals surface area contributed by atoms with E-state index in [4.69, 9.17) is 33.7 Å². The van der Waals surface area contributed by atoms with Crippen LogP contribution in [0.2, 0.25) is 10.0 Å². The topological polar surface area (TPSA) is 64.3 Å². The highest BCUT2D eigenvalue weighted by Crippen LogP contribution is 2.28. The summed E-state index contributed by atoms with van der Waals surface area (Å²) in [5.41, 5.74) is 6.57. The normalized spacial score (nSPS) is 10.3. The summed E-state index contributed by atoms with van der Waals surface area (Å²) >= 11 is 11.3. The Bertz CT molecular complexity index is 684. The van der Waals surface area contributed by atoms with E-state index >= 15 is 0 Å². The largest absolute Gasteiger partial charge is 0.497 e. The molecule has 2 rings (SSSR count). The number of hydrogen-bond acceptors (Lipinski definition) is 3. The third-order valence-electron chi connectivity index (χ3n) is 2.75. The van der Waals surface area contributed by atoms with Crippen molar-refractivity contribution in [1.82, 2.24) is 0 Å². The summed E-state index contributed by atoms with van der Waals surface area (Å²) in [6, 6.07) is 7.19. The van der Waals surface area contributed by atoms with Gasteiger partial charge in [-0.25, -0.2) is 4.39 Å². The van der Waals surface area contributed by atoms with Crippen molar-refractivity contribution in [3.05, 3.63) is 51.8 Å². The lowest BCUT2D eigenvalue weighted by molar-refractivity contribution is 0.102. The Balaban J connectivity index is 2.26. The van der Waals surface area contributed by atoms with Crippen molar-refractivity contribution < 1.29 is 13.9 Å². The molecule has 0 aliphatic heterocycles. The van der Waals surface area contributed by atoms with Gasteiger partial charge in [-0.3, -0.25) is 4.79 Å². The number of hydrogen-bond donors (Lipinski definition) is 2. The molecule has 0 radical (unpaired) electrons. The van der Waals surface area contributed by atoms with Crippen LogP contribution in [0.1, 0.15) is 10.4 Å². The van der Waals surface area contributed by atoms with E-state index in [-0.39, 0.29) is 27.0 Å². The Morgan fingerprint density at radius 3 is 2.38 bits per heavy atom. The number of nitrogen functional groups attached to an aromatic ring is 1. The standard InChI is InChI=1S/C14H11Cl2FN2O2/c1-21-8-2-3-9(12(18)6-8)14(20)19-7-4-10(15)13(17)11(16)5-7/h2-6H,18H2,1H3,(H,19,20). The number of carbonyl (C=O) groups excluding carboxylic acids is 1. The lowest BCUT2D eigenvalue weighted by atomic mass is 10.1. The quantitative estimate of drug-likeness (QED) is 0.661. The number of methoxy groups -OCH3 is 1. The van der Waals surface area contributed by atoms with Gasteiger partial charge in [0.25, 0.3) is 5.91 Å². The Hall–Kier alpha value is -1.98. The minimum atomic E-state index is -0.736. The van der Waals surface area contributed by atoms with E-state index < -0.39 is 11.7 Å². The van der Waals surface area contributed by atoms with Crippen LogP contribution in [0.5, 0.6) is 5.75 Å². The number of rotatable bonds is 3. The lowest BCUT2D eigenvalue weighted by Crippen LogP contribution is -2.14. The maximum Gasteiger partial charge on any atom is 0.257 e. The molecule has 110 valence electrons. The Morgan fingerprint density at radius 2 is 1.86 bits per heavy atom. The molecular weight excluding hydrogens is 318 g/mol. The number of nitrogens with two attached hydrogens (primary N) is 1. The third-order valence-corrected chi connectivity index (χ3v) is 3.30. The molecular formula is C14H11Cl2FN2O2. The third kappa shape index (κ3) is 3.37. The second kappa shape index (κ2) is 6.20. The van der Waals surface area contributed by atoms with Crippen molar-refractivity contribution in [2.45, 2.75) is 0 Å². The fourth-order valence-corrected chi connectivity index (χ4v) is 2.19. The van der Waals surface area contributed by atoms with Gasteiger partial charge in [-0.15, -0.1) is 0 Å². The van der Waals surface area contributed by atoms with E-state index in [2.05, 4.69) is 5.32 Å². The number of carbonyl (C=O) groups is 1. The van der Waals surface area contributed by atoms with Crippen molar-refractivity contribution in [3.63, 3.8) is 0 Å². The van der Waals surface area contributed by atoms with E-state index in [9.17, 15) is 9.18 Å². The first-order chi connectivity index (χ1) is 9.92. The van der Waals surface area contributed by atoms with Gasteiger partial charge in [-0.2, -0.15) is 0 Å². The van der Waals surface area contributed by atoms with Crippen LogP contribution >= 0.6 is 23.2 Å². The van der Waals surface area contributed by atoms with Crippen LogP contribution in [-0.2, 0) is 0 Å². The molecule has 0 spiro atoms. The van der Waals surface area contributed by atoms with Crippen molar-refractivity contribution in [3.8, 4) is 5.75 Å². The first-order valence-corrected chi connectivity index (χ1v) is 6.57. The number of ether oxygens (including phenoxy) is 1. The van der Waals surface area contributed by atoms with Crippen LogP contribution in [0, 0.1) is 5.82 Å². The molecule has 0 bridgehead atoms. The van der Waals surface area contributed by atoms with Crippen molar-refractivity contribution in [1.29, 1.82) is 0 Å². The molecule has 7 heteroatoms. The minimum absolute atomic E-state index is 0.180. The SMILES string of the molecule is COc1ccc(C(=O)Nc2cc(Cl)c(F)c(Cl)c2)c(N)c1. The molecule has 0 fully saturated rings. The summed E-state index contributed by atoms with van der Waals surface area (Å²) in [5, 5.41) is 2.19. The first-order valence-electron chi connectivity index (χ1n) is 5.81. The van der Waals surface area contributed by atoms with Crippen LogP contribution in [-0.4, -0.2) is 13.0 Å². The number of halogens is 3. The molecule has 0 aromatic heterocycles. The molecule has 0 heterocycles. The number of nitrogens with one attached hydrogen (secondary N) is 1. The molecule has 0 unspecified atom stereocenters. The first kappa shape index (κ1) is 15.4. The van der Waals surface area contributed by atoms with E-state index in [1.165, 1.54) is 31.4 Å². The van der Waals surface area contributed by atoms with Crippen molar-refractivity contribution in [2.75, 3.05) is 18.2 Å². The molecule has 0 saturated carbocycles. The zero-order valence-corrected chi connectivity index (χ0v) is 12.4. The molecule has 2 aromatic carbocycles. The average molecular weight is 329 g/mol. The van der Waals surface area contributed by atoms with Gasteiger partial charge < -0.3 is 15.8 Å². The summed E-state index contributed by atoms with van der Waals surface area (Å²) < 4.78 is 18.3. The predicted molar refractivity (Wildman–Crippen MR) is 81.8 cm³/mol. The Labute approximate surface area is 130 Å². The van der Waals surface area contributed by atoms with Crippen LogP contribution in [0.4, 0.5) is 15.8 Å². The summed E-state index contributed by atoms with van der Waals surface area (Å²) in [6.45, 7) is 0. The lowest BCUT2D eigenvalue weighted by Gasteiger charge is -2.10. The van der Waals surface area contributed by atoms with Gasteiger partial charge in [0.1, 0.15) is 5.75 Å². The van der Waals surface area contributed by atoms with Crippen molar-refractivity contribution >= 4 is 40.5 Å². The number of amides is 1. The van der Waals surface area contributed by atoms with Gasteiger partial charge in [0.2, 0.25) is 0 Å². The maximum atomic E-state index is 13.3. The fraction of sp³-hybridized carbons (Fsp3) is 0.0714. The van der Waals surface area contributed by atoms with Crippen LogP contribution in [0.25, 0.3) is 0 Å². The smallest absolute Gasteiger partial charge is 0.257 e. The average Bonchev–Trinajstić information content (AvgIpc) is 2.44. The molecule has 0 atom stereocenters. The van der Waals surface area contributed by atoms with Crippen LogP contribution in [0.15, 0.2) is 30.3 Å². The van der Waals surface area contributed by atoms with E-state index in [1.807, 2.05) is 0 Å². The molecule has 4 nitrogen and oxygen atoms in total. The van der Waals surface area contributed by atoms with Gasteiger partial charge in [-0.05, 0) is 24.3 Å². The molecule has 0 aliphatic carbocycles. The van der Waals surface area contributed by atoms with Gasteiger partial charge in [0.05, 0.1) is 22.7 Å². The fourth-order valence-electron chi connectivity index (χ4n) is 1.70.